The van der Waals surface area contributed by atoms with Gasteiger partial charge in [-0.25, -0.2) is 0 Å². The first-order valence-corrected chi connectivity index (χ1v) is 9.63. The van der Waals surface area contributed by atoms with E-state index in [1.54, 1.807) is 36.2 Å². The first-order chi connectivity index (χ1) is 12.8. The molecule has 0 unspecified atom stereocenters. The van der Waals surface area contributed by atoms with Gasteiger partial charge in [0.2, 0.25) is 0 Å². The number of carbonyl (C=O) groups excluding carboxylic acids is 1. The lowest BCUT2D eigenvalue weighted by Gasteiger charge is -2.35. The van der Waals surface area contributed by atoms with Gasteiger partial charge in [0.1, 0.15) is 0 Å². The van der Waals surface area contributed by atoms with Crippen LogP contribution >= 0.6 is 0 Å². The second kappa shape index (κ2) is 9.16. The summed E-state index contributed by atoms with van der Waals surface area (Å²) in [6.45, 7) is 9.95. The number of hydrogen-bond donors (Lipinski definition) is 1. The van der Waals surface area contributed by atoms with E-state index in [-0.39, 0.29) is 5.91 Å². The molecule has 146 valence electrons. The minimum atomic E-state index is -1.70. The van der Waals surface area contributed by atoms with E-state index in [0.29, 0.717) is 29.8 Å². The van der Waals surface area contributed by atoms with Gasteiger partial charge < -0.3 is 10.0 Å². The molecular weight excluding hydrogens is 336 g/mol. The van der Waals surface area contributed by atoms with Gasteiger partial charge in [0.25, 0.3) is 5.91 Å². The van der Waals surface area contributed by atoms with Crippen molar-refractivity contribution >= 4 is 5.91 Å². The van der Waals surface area contributed by atoms with Gasteiger partial charge >= 0.3 is 0 Å². The Balaban J connectivity index is 2.29. The second-order valence-electron chi connectivity index (χ2n) is 7.59. The van der Waals surface area contributed by atoms with Gasteiger partial charge in [0, 0.05) is 32.2 Å². The Kier molecular flexibility index (Phi) is 7.17. The number of likely N-dealkylation sites (N-methyl/N-ethyl adjacent to an activating group) is 1. The van der Waals surface area contributed by atoms with Crippen molar-refractivity contribution in [2.45, 2.75) is 45.4 Å². The molecule has 4 nitrogen and oxygen atoms in total. The van der Waals surface area contributed by atoms with Gasteiger partial charge in [-0.2, -0.15) is 0 Å². The van der Waals surface area contributed by atoms with Crippen LogP contribution in [0.4, 0.5) is 0 Å². The van der Waals surface area contributed by atoms with E-state index in [2.05, 4.69) is 32.6 Å². The van der Waals surface area contributed by atoms with Crippen molar-refractivity contribution in [1.82, 2.24) is 9.80 Å². The Morgan fingerprint density at radius 1 is 0.852 bits per heavy atom. The summed E-state index contributed by atoms with van der Waals surface area (Å²) >= 11 is 0. The van der Waals surface area contributed by atoms with Crippen LogP contribution in [0.15, 0.2) is 60.7 Å². The standard InChI is InChI=1S/C23H32N2O2/c1-18(2)25(19(3)4)17-16-24(5)22(26)23(27,20-12-8-6-9-13-20)21-14-10-7-11-15-21/h6-15,18-19,27H,16-17H2,1-5H3. The number of nitrogens with zero attached hydrogens (tertiary/aromatic N) is 2. The van der Waals surface area contributed by atoms with E-state index in [9.17, 15) is 9.90 Å². The van der Waals surface area contributed by atoms with E-state index >= 15 is 0 Å². The maximum atomic E-state index is 13.4. The predicted molar refractivity (Wildman–Crippen MR) is 110 cm³/mol. The average molecular weight is 369 g/mol. The average Bonchev–Trinajstić information content (AvgIpc) is 2.67. The molecule has 0 spiro atoms. The Bertz CT molecular complexity index is 666. The summed E-state index contributed by atoms with van der Waals surface area (Å²) < 4.78 is 0. The van der Waals surface area contributed by atoms with Gasteiger partial charge in [0.05, 0.1) is 0 Å². The largest absolute Gasteiger partial charge is 0.372 e. The highest BCUT2D eigenvalue weighted by atomic mass is 16.3. The third kappa shape index (κ3) is 4.76. The summed E-state index contributed by atoms with van der Waals surface area (Å²) in [6, 6.07) is 19.1. The zero-order chi connectivity index (χ0) is 20.0. The van der Waals surface area contributed by atoms with Gasteiger partial charge in [-0.3, -0.25) is 9.69 Å². The molecule has 2 aromatic rings. The first kappa shape index (κ1) is 21.1. The van der Waals surface area contributed by atoms with E-state index in [1.807, 2.05) is 36.4 Å². The van der Waals surface area contributed by atoms with E-state index < -0.39 is 5.60 Å². The molecule has 0 aromatic heterocycles. The van der Waals surface area contributed by atoms with Crippen molar-refractivity contribution in [1.29, 1.82) is 0 Å². The molecule has 1 N–H and O–H groups in total. The summed E-state index contributed by atoms with van der Waals surface area (Å²) in [5.41, 5.74) is -0.534. The highest BCUT2D eigenvalue weighted by Gasteiger charge is 2.41. The number of amides is 1. The lowest BCUT2D eigenvalue weighted by molar-refractivity contribution is -0.147. The minimum absolute atomic E-state index is 0.313. The third-order valence-electron chi connectivity index (χ3n) is 5.06. The van der Waals surface area contributed by atoms with E-state index in [0.717, 1.165) is 6.54 Å². The SMILES string of the molecule is CC(C)N(CCN(C)C(=O)C(O)(c1ccccc1)c1ccccc1)C(C)C. The Morgan fingerprint density at radius 3 is 1.63 bits per heavy atom. The lowest BCUT2D eigenvalue weighted by atomic mass is 9.85. The summed E-state index contributed by atoms with van der Waals surface area (Å²) in [7, 11) is 1.76. The van der Waals surface area contributed by atoms with E-state index in [1.165, 1.54) is 0 Å². The fourth-order valence-corrected chi connectivity index (χ4v) is 3.53. The van der Waals surface area contributed by atoms with Gasteiger partial charge in [0.15, 0.2) is 5.60 Å². The molecule has 0 fully saturated rings. The maximum Gasteiger partial charge on any atom is 0.263 e. The number of aliphatic hydroxyl groups is 1. The van der Waals surface area contributed by atoms with Crippen LogP contribution in [0.3, 0.4) is 0 Å². The fourth-order valence-electron chi connectivity index (χ4n) is 3.53. The monoisotopic (exact) mass is 368 g/mol. The van der Waals surface area contributed by atoms with Gasteiger partial charge in [-0.15, -0.1) is 0 Å². The zero-order valence-corrected chi connectivity index (χ0v) is 17.1. The summed E-state index contributed by atoms with van der Waals surface area (Å²) in [6.07, 6.45) is 0. The Hall–Kier alpha value is -2.17. The normalized spacial score (nSPS) is 12.0. The van der Waals surface area contributed by atoms with Crippen molar-refractivity contribution in [3.8, 4) is 0 Å². The van der Waals surface area contributed by atoms with Crippen molar-refractivity contribution in [2.75, 3.05) is 20.1 Å². The molecule has 0 aliphatic heterocycles. The molecular formula is C23H32N2O2. The van der Waals surface area contributed by atoms with Crippen molar-refractivity contribution in [3.05, 3.63) is 71.8 Å². The lowest BCUT2D eigenvalue weighted by Crippen LogP contribution is -2.49. The first-order valence-electron chi connectivity index (χ1n) is 9.63. The number of rotatable bonds is 8. The van der Waals surface area contributed by atoms with Crippen molar-refractivity contribution in [2.24, 2.45) is 0 Å². The van der Waals surface area contributed by atoms with Crippen molar-refractivity contribution < 1.29 is 9.90 Å². The molecule has 0 radical (unpaired) electrons. The quantitative estimate of drug-likeness (QED) is 0.776. The molecule has 27 heavy (non-hydrogen) atoms. The van der Waals surface area contributed by atoms with Crippen LogP contribution in [0.1, 0.15) is 38.8 Å². The Morgan fingerprint density at radius 2 is 1.26 bits per heavy atom. The third-order valence-corrected chi connectivity index (χ3v) is 5.06. The van der Waals surface area contributed by atoms with Crippen LogP contribution in [-0.4, -0.2) is 53.0 Å². The molecule has 0 saturated carbocycles. The number of hydrogen-bond acceptors (Lipinski definition) is 3. The number of benzene rings is 2. The highest BCUT2D eigenvalue weighted by molar-refractivity contribution is 5.90. The minimum Gasteiger partial charge on any atom is -0.372 e. The fraction of sp³-hybridized carbons (Fsp3) is 0.435. The molecule has 0 aliphatic rings. The molecule has 2 aromatic carbocycles. The van der Waals surface area contributed by atoms with Gasteiger partial charge in [-0.1, -0.05) is 60.7 Å². The smallest absolute Gasteiger partial charge is 0.263 e. The predicted octanol–water partition coefficient (Wildman–Crippen LogP) is 3.50. The van der Waals surface area contributed by atoms with Crippen LogP contribution in [0.2, 0.25) is 0 Å². The van der Waals surface area contributed by atoms with Crippen LogP contribution < -0.4 is 0 Å². The summed E-state index contributed by atoms with van der Waals surface area (Å²) in [4.78, 5) is 17.4. The highest BCUT2D eigenvalue weighted by Crippen LogP contribution is 2.31. The second-order valence-corrected chi connectivity index (χ2v) is 7.59. The molecule has 4 heteroatoms. The molecule has 1 amide bonds. The van der Waals surface area contributed by atoms with Crippen molar-refractivity contribution in [3.63, 3.8) is 0 Å². The molecule has 0 aliphatic carbocycles. The van der Waals surface area contributed by atoms with Crippen LogP contribution in [-0.2, 0) is 10.4 Å². The topological polar surface area (TPSA) is 43.8 Å². The number of carbonyl (C=O) groups is 1. The molecule has 0 atom stereocenters. The summed E-state index contributed by atoms with van der Waals surface area (Å²) in [5, 5.41) is 11.6. The van der Waals surface area contributed by atoms with Gasteiger partial charge in [-0.05, 0) is 38.8 Å². The van der Waals surface area contributed by atoms with Crippen LogP contribution in [0, 0.1) is 0 Å². The summed E-state index contributed by atoms with van der Waals surface area (Å²) in [5.74, 6) is -0.313. The molecule has 0 saturated heterocycles. The Labute approximate surface area is 163 Å². The molecule has 0 bridgehead atoms. The maximum absolute atomic E-state index is 13.4. The van der Waals surface area contributed by atoms with E-state index in [4.69, 9.17) is 0 Å². The zero-order valence-electron chi connectivity index (χ0n) is 17.1. The van der Waals surface area contributed by atoms with Crippen LogP contribution in [0.25, 0.3) is 0 Å². The van der Waals surface area contributed by atoms with Crippen LogP contribution in [0.5, 0.6) is 0 Å². The molecule has 0 heterocycles. The molecule has 2 rings (SSSR count).